The second-order valence-electron chi connectivity index (χ2n) is 3.37. The van der Waals surface area contributed by atoms with Gasteiger partial charge in [0.1, 0.15) is 5.41 Å². The van der Waals surface area contributed by atoms with Gasteiger partial charge >= 0.3 is 5.97 Å². The maximum atomic E-state index is 10.2. The van der Waals surface area contributed by atoms with Crippen molar-refractivity contribution in [1.82, 2.24) is 0 Å². The standard InChI is InChI=1S/C5H9N3O13/c9-1-4(2-10,3(11)19-6(13)14)5(12,20-7(15)16)21-8(17)18/h3,9-12H,1-2H2. The van der Waals surface area contributed by atoms with Crippen molar-refractivity contribution in [2.45, 2.75) is 12.3 Å². The van der Waals surface area contributed by atoms with Gasteiger partial charge in [0.05, 0.1) is 13.2 Å². The summed E-state index contributed by atoms with van der Waals surface area (Å²) in [6.45, 7) is -3.42. The highest BCUT2D eigenvalue weighted by molar-refractivity contribution is 4.88. The van der Waals surface area contributed by atoms with Crippen LogP contribution in [-0.4, -0.2) is 61.2 Å². The highest BCUT2D eigenvalue weighted by Crippen LogP contribution is 2.37. The summed E-state index contributed by atoms with van der Waals surface area (Å²) in [5, 5.41) is 62.2. The van der Waals surface area contributed by atoms with E-state index < -0.39 is 46.2 Å². The van der Waals surface area contributed by atoms with Crippen molar-refractivity contribution < 1.29 is 50.2 Å². The summed E-state index contributed by atoms with van der Waals surface area (Å²) in [5.41, 5.74) is -3.28. The Hall–Kier alpha value is -2.56. The van der Waals surface area contributed by atoms with E-state index in [4.69, 9.17) is 10.2 Å². The van der Waals surface area contributed by atoms with Gasteiger partial charge in [0.25, 0.3) is 15.3 Å². The first-order valence-electron chi connectivity index (χ1n) is 4.65. The number of nitrogens with zero attached hydrogens (tertiary/aromatic N) is 3. The highest BCUT2D eigenvalue weighted by atomic mass is 17.1. The van der Waals surface area contributed by atoms with Gasteiger partial charge in [-0.1, -0.05) is 0 Å². The van der Waals surface area contributed by atoms with Crippen LogP contribution in [0.25, 0.3) is 0 Å². The fraction of sp³-hybridized carbons (Fsp3) is 1.00. The first-order valence-corrected chi connectivity index (χ1v) is 4.65. The molecule has 0 aromatic heterocycles. The third-order valence-corrected chi connectivity index (χ3v) is 2.25. The molecular weight excluding hydrogens is 310 g/mol. The van der Waals surface area contributed by atoms with Crippen molar-refractivity contribution >= 4 is 0 Å². The molecule has 122 valence electrons. The van der Waals surface area contributed by atoms with E-state index in [1.54, 1.807) is 0 Å². The van der Waals surface area contributed by atoms with E-state index in [1.165, 1.54) is 0 Å². The third-order valence-electron chi connectivity index (χ3n) is 2.25. The van der Waals surface area contributed by atoms with Crippen molar-refractivity contribution in [2.24, 2.45) is 5.41 Å². The van der Waals surface area contributed by atoms with E-state index in [2.05, 4.69) is 14.5 Å². The average molecular weight is 319 g/mol. The Morgan fingerprint density at radius 2 is 1.33 bits per heavy atom. The summed E-state index contributed by atoms with van der Waals surface area (Å²) in [6.07, 6.45) is -2.99. The molecule has 0 saturated heterocycles. The number of aliphatic hydroxyl groups is 4. The number of hydrogen-bond acceptors (Lipinski definition) is 13. The van der Waals surface area contributed by atoms with Crippen LogP contribution in [0.2, 0.25) is 0 Å². The SMILES string of the molecule is O=[N+]([O-])OC(O)C(CO)(CO)C(O)(O[N+](=O)[O-])O[N+](=O)[O-]. The van der Waals surface area contributed by atoms with Crippen LogP contribution >= 0.6 is 0 Å². The Bertz CT molecular complexity index is 391. The van der Waals surface area contributed by atoms with Crippen LogP contribution in [-0.2, 0) is 14.5 Å². The van der Waals surface area contributed by atoms with Gasteiger partial charge in [0.2, 0.25) is 6.29 Å². The van der Waals surface area contributed by atoms with Gasteiger partial charge in [-0.05, 0) is 0 Å². The fourth-order valence-electron chi connectivity index (χ4n) is 1.14. The van der Waals surface area contributed by atoms with Gasteiger partial charge in [-0.25, -0.2) is 9.68 Å². The predicted molar refractivity (Wildman–Crippen MR) is 51.8 cm³/mol. The Labute approximate surface area is 113 Å². The van der Waals surface area contributed by atoms with Crippen molar-refractivity contribution in [1.29, 1.82) is 0 Å². The minimum Gasteiger partial charge on any atom is -0.395 e. The second-order valence-corrected chi connectivity index (χ2v) is 3.37. The number of rotatable bonds is 10. The molecule has 0 aliphatic rings. The lowest BCUT2D eigenvalue weighted by Crippen LogP contribution is -2.64. The monoisotopic (exact) mass is 319 g/mol. The molecule has 1 atom stereocenters. The van der Waals surface area contributed by atoms with Gasteiger partial charge < -0.3 is 20.4 Å². The van der Waals surface area contributed by atoms with E-state index in [0.29, 0.717) is 0 Å². The molecule has 0 saturated carbocycles. The van der Waals surface area contributed by atoms with Gasteiger partial charge in [0, 0.05) is 0 Å². The summed E-state index contributed by atoms with van der Waals surface area (Å²) in [5.74, 6) is -4.11. The van der Waals surface area contributed by atoms with E-state index in [-0.39, 0.29) is 0 Å². The largest absolute Gasteiger partial charge is 0.395 e. The van der Waals surface area contributed by atoms with Crippen LogP contribution in [0.4, 0.5) is 0 Å². The van der Waals surface area contributed by atoms with Gasteiger partial charge in [-0.2, -0.15) is 0 Å². The summed E-state index contributed by atoms with van der Waals surface area (Å²) in [4.78, 5) is 40.9. The second kappa shape index (κ2) is 6.74. The molecular formula is C5H9N3O13. The number of hydrogen-bond donors (Lipinski definition) is 4. The molecule has 16 heteroatoms. The Kier molecular flexibility index (Phi) is 5.92. The van der Waals surface area contributed by atoms with Crippen molar-refractivity contribution in [3.05, 3.63) is 30.3 Å². The lowest BCUT2D eigenvalue weighted by atomic mass is 9.86. The minimum absolute atomic E-state index is 1.66. The smallest absolute Gasteiger partial charge is 0.378 e. The molecule has 16 nitrogen and oxygen atoms in total. The Morgan fingerprint density at radius 3 is 1.57 bits per heavy atom. The lowest BCUT2D eigenvalue weighted by molar-refractivity contribution is -0.908. The zero-order chi connectivity index (χ0) is 16.8. The topological polar surface area (TPSA) is 238 Å². The summed E-state index contributed by atoms with van der Waals surface area (Å²) < 4.78 is 0. The molecule has 0 aliphatic heterocycles. The zero-order valence-electron chi connectivity index (χ0n) is 9.80. The molecule has 0 bridgehead atoms. The third kappa shape index (κ3) is 3.95. The summed E-state index contributed by atoms with van der Waals surface area (Å²) in [6, 6.07) is 0. The summed E-state index contributed by atoms with van der Waals surface area (Å²) >= 11 is 0. The quantitative estimate of drug-likeness (QED) is 0.174. The maximum absolute atomic E-state index is 10.2. The van der Waals surface area contributed by atoms with Gasteiger partial charge in [-0.3, -0.25) is 4.84 Å². The lowest BCUT2D eigenvalue weighted by Gasteiger charge is -2.41. The molecule has 0 radical (unpaired) electrons. The molecule has 0 fully saturated rings. The molecule has 0 rings (SSSR count). The molecule has 0 amide bonds. The predicted octanol–water partition coefficient (Wildman–Crippen LogP) is -3.45. The van der Waals surface area contributed by atoms with Gasteiger partial charge in [0.15, 0.2) is 0 Å². The summed E-state index contributed by atoms with van der Waals surface area (Å²) in [7, 11) is 0. The average Bonchev–Trinajstić information content (AvgIpc) is 2.27. The van der Waals surface area contributed by atoms with Crippen LogP contribution in [0, 0.1) is 35.8 Å². The van der Waals surface area contributed by atoms with E-state index >= 15 is 0 Å². The maximum Gasteiger partial charge on any atom is 0.378 e. The van der Waals surface area contributed by atoms with Gasteiger partial charge in [-0.15, -0.1) is 30.3 Å². The molecule has 0 aliphatic carbocycles. The molecule has 4 N–H and O–H groups in total. The van der Waals surface area contributed by atoms with Crippen LogP contribution in [0.3, 0.4) is 0 Å². The van der Waals surface area contributed by atoms with Crippen molar-refractivity contribution in [3.63, 3.8) is 0 Å². The molecule has 0 aromatic rings. The Balaban J connectivity index is 5.84. The molecule has 1 unspecified atom stereocenters. The first-order chi connectivity index (χ1) is 9.54. The van der Waals surface area contributed by atoms with Crippen LogP contribution in [0.1, 0.15) is 0 Å². The fourth-order valence-corrected chi connectivity index (χ4v) is 1.14. The van der Waals surface area contributed by atoms with Crippen LogP contribution in [0.5, 0.6) is 0 Å². The number of aliphatic hydroxyl groups excluding tert-OH is 3. The molecule has 21 heavy (non-hydrogen) atoms. The van der Waals surface area contributed by atoms with E-state index in [9.17, 15) is 40.6 Å². The molecule has 0 heterocycles. The zero-order valence-corrected chi connectivity index (χ0v) is 9.80. The normalized spacial score (nSPS) is 13.1. The minimum atomic E-state index is -4.11. The van der Waals surface area contributed by atoms with Crippen LogP contribution < -0.4 is 0 Å². The Morgan fingerprint density at radius 1 is 0.952 bits per heavy atom. The molecule has 0 aromatic carbocycles. The van der Waals surface area contributed by atoms with E-state index in [1.807, 2.05) is 0 Å². The highest BCUT2D eigenvalue weighted by Gasteiger charge is 2.63. The first kappa shape index (κ1) is 18.4. The van der Waals surface area contributed by atoms with Crippen molar-refractivity contribution in [3.8, 4) is 0 Å². The van der Waals surface area contributed by atoms with Crippen LogP contribution in [0.15, 0.2) is 0 Å². The van der Waals surface area contributed by atoms with Crippen molar-refractivity contribution in [2.75, 3.05) is 13.2 Å². The molecule has 0 spiro atoms. The van der Waals surface area contributed by atoms with E-state index in [0.717, 1.165) is 0 Å².